The molecular weight excluding hydrogens is 190 g/mol. The molecule has 1 heterocycles. The number of nitrogens with zero attached hydrogens (tertiary/aromatic N) is 3. The van der Waals surface area contributed by atoms with Crippen LogP contribution in [0, 0.1) is 0 Å². The number of imidazole rings is 1. The first-order chi connectivity index (χ1) is 7.29. The summed E-state index contributed by atoms with van der Waals surface area (Å²) in [4.78, 5) is 17.1. The van der Waals surface area contributed by atoms with Crippen molar-refractivity contribution in [3.8, 4) is 0 Å². The van der Waals surface area contributed by atoms with Crippen LogP contribution < -0.4 is 0 Å². The molecule has 0 atom stereocenters. The Labute approximate surface area is 88.8 Å². The SMILES string of the molecule is C=C/C=C\N(/C=C\C)C(=O)n1ccnc1. The molecule has 0 spiro atoms. The fraction of sp³-hybridized carbons (Fsp3) is 0.0909. The molecule has 4 heteroatoms. The van der Waals surface area contributed by atoms with Gasteiger partial charge in [-0.3, -0.25) is 9.47 Å². The Morgan fingerprint density at radius 2 is 2.33 bits per heavy atom. The molecule has 0 aliphatic heterocycles. The highest BCUT2D eigenvalue weighted by molar-refractivity contribution is 5.78. The van der Waals surface area contributed by atoms with Gasteiger partial charge in [0, 0.05) is 24.8 Å². The van der Waals surface area contributed by atoms with E-state index in [0.29, 0.717) is 0 Å². The lowest BCUT2D eigenvalue weighted by Crippen LogP contribution is -2.24. The Bertz CT molecular complexity index is 377. The van der Waals surface area contributed by atoms with Gasteiger partial charge in [-0.15, -0.1) is 0 Å². The van der Waals surface area contributed by atoms with Crippen molar-refractivity contribution in [2.24, 2.45) is 0 Å². The third-order valence-corrected chi connectivity index (χ3v) is 1.64. The van der Waals surface area contributed by atoms with Crippen LogP contribution in [0.5, 0.6) is 0 Å². The first kappa shape index (κ1) is 11.0. The first-order valence-corrected chi connectivity index (χ1v) is 4.52. The standard InChI is InChI=1S/C11H13N3O/c1-3-5-8-13(7-4-2)11(15)14-9-6-12-10-14/h3-10H,1H2,2H3/b7-4-,8-5-. The smallest absolute Gasteiger partial charge is 0.276 e. The minimum atomic E-state index is -0.191. The molecule has 1 amide bonds. The fourth-order valence-corrected chi connectivity index (χ4v) is 0.997. The van der Waals surface area contributed by atoms with E-state index in [1.54, 1.807) is 43.0 Å². The van der Waals surface area contributed by atoms with E-state index in [9.17, 15) is 4.79 Å². The van der Waals surface area contributed by atoms with Crippen LogP contribution in [-0.2, 0) is 0 Å². The first-order valence-electron chi connectivity index (χ1n) is 4.52. The van der Waals surface area contributed by atoms with Gasteiger partial charge in [0.25, 0.3) is 0 Å². The van der Waals surface area contributed by atoms with Crippen LogP contribution in [-0.4, -0.2) is 20.5 Å². The molecule has 0 saturated carbocycles. The third kappa shape index (κ3) is 2.95. The summed E-state index contributed by atoms with van der Waals surface area (Å²) in [5.41, 5.74) is 0. The Balaban J connectivity index is 2.85. The van der Waals surface area contributed by atoms with Crippen molar-refractivity contribution in [1.82, 2.24) is 14.5 Å². The van der Waals surface area contributed by atoms with Crippen molar-refractivity contribution < 1.29 is 4.79 Å². The molecule has 0 unspecified atom stereocenters. The zero-order valence-electron chi connectivity index (χ0n) is 8.58. The summed E-state index contributed by atoms with van der Waals surface area (Å²) in [6, 6.07) is -0.191. The summed E-state index contributed by atoms with van der Waals surface area (Å²) in [6.07, 6.45) is 13.0. The van der Waals surface area contributed by atoms with E-state index in [0.717, 1.165) is 0 Å². The predicted molar refractivity (Wildman–Crippen MR) is 59.0 cm³/mol. The van der Waals surface area contributed by atoms with Crippen molar-refractivity contribution in [3.05, 3.63) is 55.9 Å². The summed E-state index contributed by atoms with van der Waals surface area (Å²) in [7, 11) is 0. The van der Waals surface area contributed by atoms with E-state index < -0.39 is 0 Å². The summed E-state index contributed by atoms with van der Waals surface area (Å²) >= 11 is 0. The van der Waals surface area contributed by atoms with Crippen LogP contribution in [0.3, 0.4) is 0 Å². The quantitative estimate of drug-likeness (QED) is 0.707. The molecular formula is C11H13N3O. The van der Waals surface area contributed by atoms with Crippen LogP contribution in [0.15, 0.2) is 55.9 Å². The van der Waals surface area contributed by atoms with Crippen molar-refractivity contribution in [3.63, 3.8) is 0 Å². The second-order valence-corrected chi connectivity index (χ2v) is 2.72. The van der Waals surface area contributed by atoms with E-state index in [1.807, 2.05) is 6.92 Å². The molecule has 0 bridgehead atoms. The number of hydrogen-bond donors (Lipinski definition) is 0. The van der Waals surface area contributed by atoms with Crippen LogP contribution in [0.4, 0.5) is 4.79 Å². The molecule has 0 aliphatic carbocycles. The molecule has 0 aromatic carbocycles. The van der Waals surface area contributed by atoms with Crippen molar-refractivity contribution >= 4 is 6.03 Å². The molecule has 78 valence electrons. The lowest BCUT2D eigenvalue weighted by molar-refractivity contribution is 0.228. The molecule has 0 saturated heterocycles. The lowest BCUT2D eigenvalue weighted by Gasteiger charge is -2.12. The second kappa shape index (κ2) is 5.59. The maximum atomic E-state index is 11.8. The topological polar surface area (TPSA) is 38.1 Å². The molecule has 15 heavy (non-hydrogen) atoms. The number of amides is 1. The molecule has 0 radical (unpaired) electrons. The molecule has 4 nitrogen and oxygen atoms in total. The van der Waals surface area contributed by atoms with Gasteiger partial charge in [-0.2, -0.15) is 0 Å². The van der Waals surface area contributed by atoms with Crippen molar-refractivity contribution in [1.29, 1.82) is 0 Å². The van der Waals surface area contributed by atoms with Gasteiger partial charge in [-0.05, 0) is 13.0 Å². The number of rotatable bonds is 3. The average molecular weight is 203 g/mol. The molecule has 0 fully saturated rings. The van der Waals surface area contributed by atoms with E-state index in [4.69, 9.17) is 0 Å². The van der Waals surface area contributed by atoms with Crippen LogP contribution >= 0.6 is 0 Å². The number of carbonyl (C=O) groups excluding carboxylic acids is 1. The zero-order chi connectivity index (χ0) is 11.1. The van der Waals surface area contributed by atoms with Crippen LogP contribution in [0.1, 0.15) is 6.92 Å². The molecule has 1 aromatic rings. The van der Waals surface area contributed by atoms with Crippen molar-refractivity contribution in [2.75, 3.05) is 0 Å². The summed E-state index contributed by atoms with van der Waals surface area (Å²) in [6.45, 7) is 5.39. The highest BCUT2D eigenvalue weighted by atomic mass is 16.2. The second-order valence-electron chi connectivity index (χ2n) is 2.72. The van der Waals surface area contributed by atoms with Gasteiger partial charge in [0.15, 0.2) is 0 Å². The number of aromatic nitrogens is 2. The fourth-order valence-electron chi connectivity index (χ4n) is 0.997. The lowest BCUT2D eigenvalue weighted by atomic mass is 10.5. The van der Waals surface area contributed by atoms with Gasteiger partial charge in [0.1, 0.15) is 6.33 Å². The highest BCUT2D eigenvalue weighted by Gasteiger charge is 2.08. The maximum absolute atomic E-state index is 11.8. The van der Waals surface area contributed by atoms with E-state index in [-0.39, 0.29) is 6.03 Å². The van der Waals surface area contributed by atoms with Gasteiger partial charge >= 0.3 is 6.03 Å². The Morgan fingerprint density at radius 3 is 2.87 bits per heavy atom. The van der Waals surface area contributed by atoms with E-state index in [1.165, 1.54) is 15.8 Å². The van der Waals surface area contributed by atoms with Crippen LogP contribution in [0.2, 0.25) is 0 Å². The van der Waals surface area contributed by atoms with Gasteiger partial charge in [0.2, 0.25) is 0 Å². The minimum absolute atomic E-state index is 0.191. The Kier molecular flexibility index (Phi) is 4.09. The normalized spacial score (nSPS) is 11.0. The predicted octanol–water partition coefficient (Wildman–Crippen LogP) is 2.39. The largest absolute Gasteiger partial charge is 0.337 e. The minimum Gasteiger partial charge on any atom is -0.276 e. The van der Waals surface area contributed by atoms with Gasteiger partial charge < -0.3 is 0 Å². The Hall–Kier alpha value is -2.10. The molecule has 0 aliphatic rings. The maximum Gasteiger partial charge on any atom is 0.337 e. The highest BCUT2D eigenvalue weighted by Crippen LogP contribution is 1.99. The number of hydrogen-bond acceptors (Lipinski definition) is 2. The van der Waals surface area contributed by atoms with Crippen LogP contribution in [0.25, 0.3) is 0 Å². The zero-order valence-corrected chi connectivity index (χ0v) is 8.58. The molecule has 1 aromatic heterocycles. The van der Waals surface area contributed by atoms with Crippen molar-refractivity contribution in [2.45, 2.75) is 6.92 Å². The number of carbonyl (C=O) groups is 1. The molecule has 0 N–H and O–H groups in total. The summed E-state index contributed by atoms with van der Waals surface area (Å²) < 4.78 is 1.40. The molecule has 1 rings (SSSR count). The van der Waals surface area contributed by atoms with Gasteiger partial charge in [-0.1, -0.05) is 18.7 Å². The third-order valence-electron chi connectivity index (χ3n) is 1.64. The summed E-state index contributed by atoms with van der Waals surface area (Å²) in [5.74, 6) is 0. The average Bonchev–Trinajstić information content (AvgIpc) is 2.76. The Morgan fingerprint density at radius 1 is 1.53 bits per heavy atom. The monoisotopic (exact) mass is 203 g/mol. The summed E-state index contributed by atoms with van der Waals surface area (Å²) in [5, 5.41) is 0. The van der Waals surface area contributed by atoms with E-state index in [2.05, 4.69) is 11.6 Å². The van der Waals surface area contributed by atoms with E-state index >= 15 is 0 Å². The van der Waals surface area contributed by atoms with Gasteiger partial charge in [0.05, 0.1) is 0 Å². The number of allylic oxidation sites excluding steroid dienone is 3. The van der Waals surface area contributed by atoms with Gasteiger partial charge in [-0.25, -0.2) is 9.78 Å².